The summed E-state index contributed by atoms with van der Waals surface area (Å²) in [6.07, 6.45) is 4.67. The molecule has 2 fully saturated rings. The molecule has 2 aliphatic rings. The van der Waals surface area contributed by atoms with Crippen molar-refractivity contribution in [2.24, 2.45) is 5.92 Å². The molecule has 1 saturated carbocycles. The molecule has 21 heavy (non-hydrogen) atoms. The lowest BCUT2D eigenvalue weighted by Crippen LogP contribution is -2.46. The summed E-state index contributed by atoms with van der Waals surface area (Å²) in [6, 6.07) is 9.46. The van der Waals surface area contributed by atoms with Crippen LogP contribution in [0.15, 0.2) is 30.3 Å². The average molecular weight is 286 g/mol. The van der Waals surface area contributed by atoms with Crippen molar-refractivity contribution < 1.29 is 9.59 Å². The van der Waals surface area contributed by atoms with Crippen LogP contribution in [0, 0.1) is 5.92 Å². The third-order valence-electron chi connectivity index (χ3n) is 4.34. The van der Waals surface area contributed by atoms with Gasteiger partial charge in [0.05, 0.1) is 0 Å². The van der Waals surface area contributed by atoms with Crippen LogP contribution in [0.2, 0.25) is 0 Å². The Bertz CT molecular complexity index is 511. The van der Waals surface area contributed by atoms with Gasteiger partial charge in [0.1, 0.15) is 6.04 Å². The van der Waals surface area contributed by atoms with Crippen molar-refractivity contribution in [3.05, 3.63) is 35.9 Å². The number of carbonyl (C=O) groups is 2. The summed E-state index contributed by atoms with van der Waals surface area (Å²) in [7, 11) is 0. The molecule has 0 aromatic heterocycles. The fourth-order valence-electron chi connectivity index (χ4n) is 2.85. The lowest BCUT2D eigenvalue weighted by molar-refractivity contribution is -0.133. The number of hydrogen-bond donors (Lipinski definition) is 1. The van der Waals surface area contributed by atoms with Crippen LogP contribution < -0.4 is 5.32 Å². The van der Waals surface area contributed by atoms with E-state index in [0.717, 1.165) is 24.4 Å². The molecule has 0 spiro atoms. The van der Waals surface area contributed by atoms with Crippen molar-refractivity contribution in [1.82, 2.24) is 10.2 Å². The molecule has 4 heteroatoms. The fourth-order valence-corrected chi connectivity index (χ4v) is 2.85. The Labute approximate surface area is 125 Å². The summed E-state index contributed by atoms with van der Waals surface area (Å²) < 4.78 is 0. The molecule has 1 unspecified atom stereocenters. The van der Waals surface area contributed by atoms with Gasteiger partial charge >= 0.3 is 0 Å². The molecule has 112 valence electrons. The molecule has 0 bridgehead atoms. The number of hydrogen-bond acceptors (Lipinski definition) is 2. The third kappa shape index (κ3) is 3.84. The molecule has 0 radical (unpaired) electrons. The lowest BCUT2D eigenvalue weighted by Gasteiger charge is -2.24. The molecule has 1 aromatic rings. The zero-order valence-electron chi connectivity index (χ0n) is 12.3. The van der Waals surface area contributed by atoms with Gasteiger partial charge in [0.25, 0.3) is 0 Å². The van der Waals surface area contributed by atoms with E-state index in [9.17, 15) is 9.59 Å². The quantitative estimate of drug-likeness (QED) is 0.896. The molecule has 1 N–H and O–H groups in total. The molecule has 1 atom stereocenters. The van der Waals surface area contributed by atoms with Gasteiger partial charge in [-0.05, 0) is 17.9 Å². The Morgan fingerprint density at radius 3 is 2.62 bits per heavy atom. The van der Waals surface area contributed by atoms with E-state index in [1.165, 1.54) is 12.8 Å². The zero-order chi connectivity index (χ0) is 14.7. The van der Waals surface area contributed by atoms with E-state index < -0.39 is 6.04 Å². The standard InChI is InChI=1S/C17H22N2O2/c20-16-9-11-19(10-8-13-6-7-13)17(21)15(18-16)12-14-4-2-1-3-5-14/h1-5,13,15H,6-12H2,(H,18,20). The van der Waals surface area contributed by atoms with Gasteiger partial charge in [-0.15, -0.1) is 0 Å². The zero-order valence-corrected chi connectivity index (χ0v) is 12.3. The summed E-state index contributed by atoms with van der Waals surface area (Å²) in [5.41, 5.74) is 1.08. The largest absolute Gasteiger partial charge is 0.344 e. The van der Waals surface area contributed by atoms with E-state index in [2.05, 4.69) is 5.32 Å². The van der Waals surface area contributed by atoms with Crippen molar-refractivity contribution in [2.75, 3.05) is 13.1 Å². The first-order valence-corrected chi connectivity index (χ1v) is 7.84. The number of rotatable bonds is 5. The van der Waals surface area contributed by atoms with Crippen LogP contribution in [0.25, 0.3) is 0 Å². The monoisotopic (exact) mass is 286 g/mol. The number of nitrogens with zero attached hydrogens (tertiary/aromatic N) is 1. The number of carbonyl (C=O) groups excluding carboxylic acids is 2. The van der Waals surface area contributed by atoms with Crippen molar-refractivity contribution >= 4 is 11.8 Å². The molecule has 4 nitrogen and oxygen atoms in total. The van der Waals surface area contributed by atoms with E-state index in [-0.39, 0.29) is 11.8 Å². The van der Waals surface area contributed by atoms with Crippen molar-refractivity contribution in [1.29, 1.82) is 0 Å². The van der Waals surface area contributed by atoms with Crippen LogP contribution in [0.3, 0.4) is 0 Å². The van der Waals surface area contributed by atoms with Crippen molar-refractivity contribution in [2.45, 2.75) is 38.1 Å². The Kier molecular flexibility index (Phi) is 4.23. The maximum absolute atomic E-state index is 12.6. The van der Waals surface area contributed by atoms with Gasteiger partial charge in [-0.2, -0.15) is 0 Å². The maximum Gasteiger partial charge on any atom is 0.245 e. The molecule has 1 saturated heterocycles. The number of amides is 2. The Morgan fingerprint density at radius 2 is 1.90 bits per heavy atom. The highest BCUT2D eigenvalue weighted by Crippen LogP contribution is 2.32. The van der Waals surface area contributed by atoms with Crippen LogP contribution in [0.4, 0.5) is 0 Å². The highest BCUT2D eigenvalue weighted by molar-refractivity contribution is 5.90. The topological polar surface area (TPSA) is 49.4 Å². The predicted octanol–water partition coefficient (Wildman–Crippen LogP) is 1.75. The van der Waals surface area contributed by atoms with E-state index in [4.69, 9.17) is 0 Å². The average Bonchev–Trinajstić information content (AvgIpc) is 3.31. The molecule has 1 aromatic carbocycles. The Hall–Kier alpha value is -1.84. The first-order valence-electron chi connectivity index (χ1n) is 7.84. The summed E-state index contributed by atoms with van der Waals surface area (Å²) in [4.78, 5) is 26.4. The summed E-state index contributed by atoms with van der Waals surface area (Å²) in [6.45, 7) is 1.35. The fraction of sp³-hybridized carbons (Fsp3) is 0.529. The van der Waals surface area contributed by atoms with Gasteiger partial charge in [0, 0.05) is 25.9 Å². The second kappa shape index (κ2) is 6.29. The summed E-state index contributed by atoms with van der Waals surface area (Å²) >= 11 is 0. The van der Waals surface area contributed by atoms with E-state index in [1.54, 1.807) is 0 Å². The van der Waals surface area contributed by atoms with Crippen LogP contribution in [0.1, 0.15) is 31.2 Å². The van der Waals surface area contributed by atoms with Gasteiger partial charge < -0.3 is 10.2 Å². The SMILES string of the molecule is O=C1CCN(CCC2CC2)C(=O)C(Cc2ccccc2)N1. The first-order chi connectivity index (χ1) is 10.2. The van der Waals surface area contributed by atoms with Gasteiger partial charge in [-0.1, -0.05) is 43.2 Å². The first kappa shape index (κ1) is 14.1. The van der Waals surface area contributed by atoms with Crippen LogP contribution in [-0.4, -0.2) is 35.8 Å². The number of nitrogens with one attached hydrogen (secondary N) is 1. The molecule has 1 aliphatic heterocycles. The van der Waals surface area contributed by atoms with Crippen LogP contribution >= 0.6 is 0 Å². The van der Waals surface area contributed by atoms with Gasteiger partial charge in [-0.25, -0.2) is 0 Å². The normalized spacial score (nSPS) is 22.9. The summed E-state index contributed by atoms with van der Waals surface area (Å²) in [5, 5.41) is 2.88. The second-order valence-electron chi connectivity index (χ2n) is 6.12. The van der Waals surface area contributed by atoms with Crippen LogP contribution in [-0.2, 0) is 16.0 Å². The van der Waals surface area contributed by atoms with Gasteiger partial charge in [-0.3, -0.25) is 9.59 Å². The number of benzene rings is 1. The minimum absolute atomic E-state index is 0.0156. The Morgan fingerprint density at radius 1 is 1.14 bits per heavy atom. The molecule has 1 heterocycles. The third-order valence-corrected chi connectivity index (χ3v) is 4.34. The highest BCUT2D eigenvalue weighted by Gasteiger charge is 2.31. The van der Waals surface area contributed by atoms with Gasteiger partial charge in [0.2, 0.25) is 11.8 Å². The van der Waals surface area contributed by atoms with Crippen molar-refractivity contribution in [3.63, 3.8) is 0 Å². The Balaban J connectivity index is 1.67. The minimum atomic E-state index is -0.415. The summed E-state index contributed by atoms with van der Waals surface area (Å²) in [5.74, 6) is 0.862. The predicted molar refractivity (Wildman–Crippen MR) is 80.6 cm³/mol. The molecule has 1 aliphatic carbocycles. The van der Waals surface area contributed by atoms with Gasteiger partial charge in [0.15, 0.2) is 0 Å². The second-order valence-corrected chi connectivity index (χ2v) is 6.12. The highest BCUT2D eigenvalue weighted by atomic mass is 16.2. The van der Waals surface area contributed by atoms with E-state index >= 15 is 0 Å². The molecular formula is C17H22N2O2. The van der Waals surface area contributed by atoms with Crippen molar-refractivity contribution in [3.8, 4) is 0 Å². The maximum atomic E-state index is 12.6. The van der Waals surface area contributed by atoms with E-state index in [0.29, 0.717) is 19.4 Å². The molecule has 3 rings (SSSR count). The van der Waals surface area contributed by atoms with Crippen LogP contribution in [0.5, 0.6) is 0 Å². The lowest BCUT2D eigenvalue weighted by atomic mass is 10.0. The molecular weight excluding hydrogens is 264 g/mol. The van der Waals surface area contributed by atoms with E-state index in [1.807, 2.05) is 35.2 Å². The minimum Gasteiger partial charge on any atom is -0.344 e. The molecule has 2 amide bonds. The smallest absolute Gasteiger partial charge is 0.245 e.